The maximum absolute atomic E-state index is 5.98. The third-order valence-corrected chi connectivity index (χ3v) is 4.53. The molecular weight excluding hydrogens is 240 g/mol. The van der Waals surface area contributed by atoms with E-state index in [1.165, 1.54) is 12.0 Å². The van der Waals surface area contributed by atoms with Crippen molar-refractivity contribution in [2.24, 2.45) is 5.41 Å². The normalized spacial score (nSPS) is 26.2. The highest BCUT2D eigenvalue weighted by atomic mass is 35.5. The van der Waals surface area contributed by atoms with Gasteiger partial charge in [0.15, 0.2) is 0 Å². The van der Waals surface area contributed by atoms with E-state index in [1.807, 2.05) is 12.1 Å². The molecule has 1 unspecified atom stereocenters. The molecule has 0 saturated heterocycles. The Kier molecular flexibility index (Phi) is 2.35. The van der Waals surface area contributed by atoms with E-state index in [2.05, 4.69) is 45.9 Å². The second-order valence-electron chi connectivity index (χ2n) is 6.66. The Balaban J connectivity index is 2.08. The zero-order valence-corrected chi connectivity index (χ0v) is 12.2. The van der Waals surface area contributed by atoms with Gasteiger partial charge in [0, 0.05) is 10.4 Å². The van der Waals surface area contributed by atoms with Gasteiger partial charge in [0.05, 0.1) is 0 Å². The zero-order chi connectivity index (χ0) is 13.1. The van der Waals surface area contributed by atoms with Crippen molar-refractivity contribution >= 4 is 11.6 Å². The summed E-state index contributed by atoms with van der Waals surface area (Å²) in [6.45, 7) is 9.26. The summed E-state index contributed by atoms with van der Waals surface area (Å²) in [6.07, 6.45) is 3.62. The fourth-order valence-corrected chi connectivity index (χ4v) is 3.57. The van der Waals surface area contributed by atoms with E-state index in [0.717, 1.165) is 5.02 Å². The number of halogens is 1. The lowest BCUT2D eigenvalue weighted by Crippen LogP contribution is -2.25. The molecule has 1 aromatic carbocycles. The fraction of sp³-hybridized carbons (Fsp3) is 0.412. The minimum Gasteiger partial charge on any atom is -0.0843 e. The largest absolute Gasteiger partial charge is 0.0843 e. The average Bonchev–Trinajstić information content (AvgIpc) is 2.69. The minimum atomic E-state index is 0.0997. The molecular formula is C17H19Cl. The number of rotatable bonds is 1. The molecule has 94 valence electrons. The highest BCUT2D eigenvalue weighted by Gasteiger charge is 2.47. The molecule has 0 amide bonds. The molecule has 1 atom stereocenters. The maximum Gasteiger partial charge on any atom is 0.0406 e. The molecule has 0 N–H and O–H groups in total. The van der Waals surface area contributed by atoms with Crippen LogP contribution in [0.5, 0.6) is 0 Å². The van der Waals surface area contributed by atoms with Crippen molar-refractivity contribution in [3.63, 3.8) is 0 Å². The standard InChI is InChI=1S/C17H19Cl/c1-16(2,3)15-11-9-14(15)17(4,10-11)12-5-7-13(18)8-6-12/h5-8,10H,9H2,1-4H3. The van der Waals surface area contributed by atoms with E-state index in [4.69, 9.17) is 11.6 Å². The zero-order valence-electron chi connectivity index (χ0n) is 11.5. The number of benzene rings is 1. The predicted molar refractivity (Wildman–Crippen MR) is 78.0 cm³/mol. The van der Waals surface area contributed by atoms with Crippen molar-refractivity contribution in [1.82, 2.24) is 0 Å². The molecule has 3 aliphatic carbocycles. The lowest BCUT2D eigenvalue weighted by molar-refractivity contribution is 0.481. The van der Waals surface area contributed by atoms with E-state index < -0.39 is 0 Å². The summed E-state index contributed by atoms with van der Waals surface area (Å²) in [5.74, 6) is 0. The van der Waals surface area contributed by atoms with Gasteiger partial charge >= 0.3 is 0 Å². The van der Waals surface area contributed by atoms with Gasteiger partial charge in [0.25, 0.3) is 0 Å². The smallest absolute Gasteiger partial charge is 0.0406 e. The van der Waals surface area contributed by atoms with Gasteiger partial charge in [0.2, 0.25) is 0 Å². The van der Waals surface area contributed by atoms with Gasteiger partial charge in [-0.1, -0.05) is 50.6 Å². The summed E-state index contributed by atoms with van der Waals surface area (Å²) in [5, 5.41) is 0.811. The second-order valence-corrected chi connectivity index (χ2v) is 7.10. The Labute approximate surface area is 114 Å². The van der Waals surface area contributed by atoms with Crippen LogP contribution < -0.4 is 0 Å². The first-order chi connectivity index (χ1) is 8.32. The van der Waals surface area contributed by atoms with Crippen molar-refractivity contribution in [3.05, 3.63) is 57.6 Å². The van der Waals surface area contributed by atoms with Gasteiger partial charge < -0.3 is 0 Å². The molecule has 0 aliphatic heterocycles. The van der Waals surface area contributed by atoms with Crippen LogP contribution in [0.4, 0.5) is 0 Å². The first kappa shape index (κ1) is 12.0. The summed E-state index contributed by atoms with van der Waals surface area (Å²) in [4.78, 5) is 0. The predicted octanol–water partition coefficient (Wildman–Crippen LogP) is 5.28. The van der Waals surface area contributed by atoms with E-state index in [-0.39, 0.29) is 10.8 Å². The maximum atomic E-state index is 5.98. The third-order valence-electron chi connectivity index (χ3n) is 4.27. The molecule has 0 aromatic heterocycles. The summed E-state index contributed by atoms with van der Waals surface area (Å²) in [7, 11) is 0. The van der Waals surface area contributed by atoms with Crippen LogP contribution in [0.15, 0.2) is 47.1 Å². The van der Waals surface area contributed by atoms with Crippen molar-refractivity contribution < 1.29 is 0 Å². The van der Waals surface area contributed by atoms with Crippen molar-refractivity contribution in [2.45, 2.75) is 39.5 Å². The quantitative estimate of drug-likeness (QED) is 0.643. The Morgan fingerprint density at radius 1 is 1.11 bits per heavy atom. The summed E-state index contributed by atoms with van der Waals surface area (Å²) in [5.41, 5.74) is 6.46. The number of hydrogen-bond acceptors (Lipinski definition) is 0. The average molecular weight is 259 g/mol. The van der Waals surface area contributed by atoms with Crippen LogP contribution in [0.3, 0.4) is 0 Å². The van der Waals surface area contributed by atoms with Gasteiger partial charge in [-0.3, -0.25) is 0 Å². The Hall–Kier alpha value is -1.01. The molecule has 0 fully saturated rings. The first-order valence-electron chi connectivity index (χ1n) is 6.54. The molecule has 0 nitrogen and oxygen atoms in total. The molecule has 0 spiro atoms. The van der Waals surface area contributed by atoms with Gasteiger partial charge in [-0.2, -0.15) is 0 Å². The number of fused-ring (bicyclic) bond motifs is 1. The van der Waals surface area contributed by atoms with Crippen LogP contribution in [0.25, 0.3) is 0 Å². The first-order valence-corrected chi connectivity index (χ1v) is 6.92. The van der Waals surface area contributed by atoms with Gasteiger partial charge in [-0.25, -0.2) is 0 Å². The lowest BCUT2D eigenvalue weighted by Gasteiger charge is -2.36. The van der Waals surface area contributed by atoms with Crippen LogP contribution in [0.2, 0.25) is 5.02 Å². The molecule has 2 bridgehead atoms. The van der Waals surface area contributed by atoms with Crippen LogP contribution in [-0.4, -0.2) is 0 Å². The van der Waals surface area contributed by atoms with Crippen LogP contribution in [-0.2, 0) is 5.41 Å². The van der Waals surface area contributed by atoms with Gasteiger partial charge in [-0.05, 0) is 53.2 Å². The summed E-state index contributed by atoms with van der Waals surface area (Å²) >= 11 is 5.98. The van der Waals surface area contributed by atoms with E-state index in [0.29, 0.717) is 0 Å². The molecule has 4 rings (SSSR count). The monoisotopic (exact) mass is 258 g/mol. The Morgan fingerprint density at radius 2 is 1.72 bits per heavy atom. The number of hydrogen-bond donors (Lipinski definition) is 0. The van der Waals surface area contributed by atoms with Crippen LogP contribution in [0.1, 0.15) is 39.7 Å². The third kappa shape index (κ3) is 1.52. The van der Waals surface area contributed by atoms with E-state index >= 15 is 0 Å². The van der Waals surface area contributed by atoms with Crippen LogP contribution >= 0.6 is 11.6 Å². The highest BCUT2D eigenvalue weighted by molar-refractivity contribution is 6.30. The summed E-state index contributed by atoms with van der Waals surface area (Å²) < 4.78 is 0. The molecule has 0 heterocycles. The Morgan fingerprint density at radius 3 is 2.22 bits per heavy atom. The molecule has 0 radical (unpaired) electrons. The van der Waals surface area contributed by atoms with Gasteiger partial charge in [-0.15, -0.1) is 0 Å². The second kappa shape index (κ2) is 3.51. The molecule has 1 heteroatoms. The molecule has 0 saturated carbocycles. The van der Waals surface area contributed by atoms with E-state index in [9.17, 15) is 0 Å². The summed E-state index contributed by atoms with van der Waals surface area (Å²) in [6, 6.07) is 8.31. The topological polar surface area (TPSA) is 0 Å². The SMILES string of the molecule is CC(C)(C)C1=C2CC1=CC2(C)c1ccc(Cl)cc1. The Bertz CT molecular complexity index is 567. The fourth-order valence-electron chi connectivity index (χ4n) is 3.44. The highest BCUT2D eigenvalue weighted by Crippen LogP contribution is 2.59. The number of allylic oxidation sites excluding steroid dienone is 4. The van der Waals surface area contributed by atoms with Crippen molar-refractivity contribution in [2.75, 3.05) is 0 Å². The van der Waals surface area contributed by atoms with Crippen molar-refractivity contribution in [3.8, 4) is 0 Å². The van der Waals surface area contributed by atoms with Gasteiger partial charge in [0.1, 0.15) is 0 Å². The minimum absolute atomic E-state index is 0.0997. The van der Waals surface area contributed by atoms with Crippen LogP contribution in [0, 0.1) is 5.41 Å². The lowest BCUT2D eigenvalue weighted by atomic mass is 9.68. The van der Waals surface area contributed by atoms with Crippen molar-refractivity contribution in [1.29, 1.82) is 0 Å². The molecule has 3 aliphatic rings. The molecule has 18 heavy (non-hydrogen) atoms. The molecule has 1 aromatic rings. The van der Waals surface area contributed by atoms with E-state index in [1.54, 1.807) is 16.7 Å².